The number of aromatic amines is 1. The topological polar surface area (TPSA) is 82.5 Å². The van der Waals surface area contributed by atoms with E-state index in [1.165, 1.54) is 6.07 Å². The molecule has 7 nitrogen and oxygen atoms in total. The Morgan fingerprint density at radius 2 is 1.84 bits per heavy atom. The molecule has 1 N–H and O–H groups in total. The summed E-state index contributed by atoms with van der Waals surface area (Å²) >= 11 is 0. The number of rotatable bonds is 6. The van der Waals surface area contributed by atoms with Crippen molar-refractivity contribution in [2.24, 2.45) is 0 Å². The molecule has 0 radical (unpaired) electrons. The summed E-state index contributed by atoms with van der Waals surface area (Å²) in [5, 5.41) is 12.1. The van der Waals surface area contributed by atoms with Crippen molar-refractivity contribution in [3.05, 3.63) is 75.5 Å². The van der Waals surface area contributed by atoms with E-state index in [1.807, 2.05) is 30.2 Å². The smallest absolute Gasteiger partial charge is 0.270 e. The zero-order valence-electron chi connectivity index (χ0n) is 18.0. The van der Waals surface area contributed by atoms with Gasteiger partial charge in [0.1, 0.15) is 0 Å². The molecule has 2 aromatic carbocycles. The Bertz CT molecular complexity index is 1080. The van der Waals surface area contributed by atoms with Crippen LogP contribution in [0.4, 0.5) is 5.69 Å². The molecule has 1 aromatic heterocycles. The third kappa shape index (κ3) is 4.46. The number of carbonyl (C=O) groups excluding carboxylic acids is 1. The highest BCUT2D eigenvalue weighted by Crippen LogP contribution is 2.35. The molecule has 1 aliphatic heterocycles. The monoisotopic (exact) mass is 420 g/mol. The number of non-ortho nitro benzene ring substituents is 1. The molecule has 3 aromatic rings. The second-order valence-corrected chi connectivity index (χ2v) is 8.21. The first kappa shape index (κ1) is 21.1. The van der Waals surface area contributed by atoms with E-state index in [4.69, 9.17) is 0 Å². The summed E-state index contributed by atoms with van der Waals surface area (Å²) in [4.78, 5) is 31.7. The van der Waals surface area contributed by atoms with Gasteiger partial charge in [0, 0.05) is 67.8 Å². The molecule has 7 heteroatoms. The van der Waals surface area contributed by atoms with Crippen molar-refractivity contribution in [3.8, 4) is 0 Å². The molecule has 31 heavy (non-hydrogen) atoms. The van der Waals surface area contributed by atoms with E-state index in [-0.39, 0.29) is 22.4 Å². The van der Waals surface area contributed by atoms with E-state index in [9.17, 15) is 14.9 Å². The molecule has 4 rings (SSSR count). The summed E-state index contributed by atoms with van der Waals surface area (Å²) in [7, 11) is 0. The molecular formula is C24H28N4O3. The Balaban J connectivity index is 1.68. The van der Waals surface area contributed by atoms with Gasteiger partial charge in [0.2, 0.25) is 5.91 Å². The lowest BCUT2D eigenvalue weighted by molar-refractivity contribution is -0.384. The fourth-order valence-electron chi connectivity index (χ4n) is 4.36. The number of piperazine rings is 1. The Labute approximate surface area is 181 Å². The van der Waals surface area contributed by atoms with Crippen LogP contribution < -0.4 is 0 Å². The predicted molar refractivity (Wildman–Crippen MR) is 121 cm³/mol. The predicted octanol–water partition coefficient (Wildman–Crippen LogP) is 4.07. The van der Waals surface area contributed by atoms with Gasteiger partial charge in [-0.05, 0) is 30.7 Å². The maximum absolute atomic E-state index is 13.2. The number of amides is 1. The molecule has 1 amide bonds. The molecule has 0 unspecified atom stereocenters. The molecule has 0 bridgehead atoms. The Hall–Kier alpha value is -3.19. The van der Waals surface area contributed by atoms with Gasteiger partial charge in [-0.3, -0.25) is 14.9 Å². The van der Waals surface area contributed by atoms with Crippen molar-refractivity contribution in [2.45, 2.75) is 26.2 Å². The second-order valence-electron chi connectivity index (χ2n) is 8.21. The second kappa shape index (κ2) is 8.89. The lowest BCUT2D eigenvalue weighted by atomic mass is 9.87. The van der Waals surface area contributed by atoms with Crippen molar-refractivity contribution in [3.63, 3.8) is 0 Å². The number of aromatic nitrogens is 1. The van der Waals surface area contributed by atoms with E-state index in [2.05, 4.69) is 28.9 Å². The number of nitrogens with one attached hydrogen (secondary N) is 1. The molecule has 1 saturated heterocycles. The zero-order chi connectivity index (χ0) is 22.0. The van der Waals surface area contributed by atoms with Crippen LogP contribution in [0.1, 0.15) is 36.0 Å². The van der Waals surface area contributed by atoms with Crippen LogP contribution in [0.25, 0.3) is 10.9 Å². The van der Waals surface area contributed by atoms with E-state index in [1.54, 1.807) is 12.1 Å². The molecule has 0 saturated carbocycles. The molecule has 1 atom stereocenters. The fraction of sp³-hybridized carbons (Fsp3) is 0.375. The lowest BCUT2D eigenvalue weighted by Crippen LogP contribution is -2.48. The van der Waals surface area contributed by atoms with Crippen LogP contribution in [-0.4, -0.2) is 58.3 Å². The highest BCUT2D eigenvalue weighted by molar-refractivity contribution is 5.87. The minimum Gasteiger partial charge on any atom is -0.361 e. The van der Waals surface area contributed by atoms with Crippen LogP contribution in [0.5, 0.6) is 0 Å². The normalized spacial score (nSPS) is 15.9. The highest BCUT2D eigenvalue weighted by atomic mass is 16.6. The summed E-state index contributed by atoms with van der Waals surface area (Å²) in [6.45, 7) is 8.46. The van der Waals surface area contributed by atoms with Crippen molar-refractivity contribution in [2.75, 3.05) is 32.7 Å². The maximum atomic E-state index is 13.2. The molecule has 2 heterocycles. The Morgan fingerprint density at radius 1 is 1.13 bits per heavy atom. The van der Waals surface area contributed by atoms with E-state index in [0.29, 0.717) is 6.42 Å². The summed E-state index contributed by atoms with van der Waals surface area (Å²) in [5.74, 6) is -0.0471. The summed E-state index contributed by atoms with van der Waals surface area (Å²) in [5.41, 5.74) is 4.00. The number of fused-ring (bicyclic) bond motifs is 1. The SMILES string of the molecule is CCN1CCN(C(=O)C[C@H](c2ccc(C)cc2)c2c[nH]c3ccc([N+](=O)[O-])cc23)CC1. The van der Waals surface area contributed by atoms with Gasteiger partial charge in [-0.15, -0.1) is 0 Å². The number of nitrogens with zero attached hydrogens (tertiary/aromatic N) is 3. The number of benzene rings is 2. The van der Waals surface area contributed by atoms with Crippen molar-refractivity contribution >= 4 is 22.5 Å². The number of H-pyrrole nitrogens is 1. The van der Waals surface area contributed by atoms with E-state index >= 15 is 0 Å². The summed E-state index contributed by atoms with van der Waals surface area (Å²) in [6.07, 6.45) is 2.23. The van der Waals surface area contributed by atoms with Gasteiger partial charge in [-0.1, -0.05) is 36.8 Å². The van der Waals surface area contributed by atoms with Crippen LogP contribution >= 0.6 is 0 Å². The van der Waals surface area contributed by atoms with E-state index < -0.39 is 0 Å². The van der Waals surface area contributed by atoms with Crippen LogP contribution in [0, 0.1) is 17.0 Å². The number of nitro groups is 1. The number of hydrogen-bond acceptors (Lipinski definition) is 4. The molecule has 1 aliphatic rings. The number of likely N-dealkylation sites (N-methyl/N-ethyl adjacent to an activating group) is 1. The van der Waals surface area contributed by atoms with Crippen LogP contribution in [0.15, 0.2) is 48.7 Å². The first-order valence-electron chi connectivity index (χ1n) is 10.8. The summed E-state index contributed by atoms with van der Waals surface area (Å²) in [6, 6.07) is 13.0. The van der Waals surface area contributed by atoms with E-state index in [0.717, 1.165) is 60.3 Å². The Kier molecular flexibility index (Phi) is 6.04. The van der Waals surface area contributed by atoms with Crippen LogP contribution in [0.3, 0.4) is 0 Å². The lowest BCUT2D eigenvalue weighted by Gasteiger charge is -2.34. The molecular weight excluding hydrogens is 392 g/mol. The van der Waals surface area contributed by atoms with Crippen molar-refractivity contribution < 1.29 is 9.72 Å². The van der Waals surface area contributed by atoms with Gasteiger partial charge in [-0.2, -0.15) is 0 Å². The zero-order valence-corrected chi connectivity index (χ0v) is 18.0. The quantitative estimate of drug-likeness (QED) is 0.481. The first-order valence-corrected chi connectivity index (χ1v) is 10.8. The molecule has 1 fully saturated rings. The average molecular weight is 421 g/mol. The molecule has 0 spiro atoms. The van der Waals surface area contributed by atoms with Crippen molar-refractivity contribution in [1.82, 2.24) is 14.8 Å². The fourth-order valence-corrected chi connectivity index (χ4v) is 4.36. The Morgan fingerprint density at radius 3 is 2.48 bits per heavy atom. The van der Waals surface area contributed by atoms with Gasteiger partial charge in [0.05, 0.1) is 4.92 Å². The highest BCUT2D eigenvalue weighted by Gasteiger charge is 2.27. The first-order chi connectivity index (χ1) is 15.0. The van der Waals surface area contributed by atoms with Crippen LogP contribution in [0.2, 0.25) is 0 Å². The minimum atomic E-state index is -0.379. The molecule has 0 aliphatic carbocycles. The largest absolute Gasteiger partial charge is 0.361 e. The minimum absolute atomic E-state index is 0.0537. The third-order valence-electron chi connectivity index (χ3n) is 6.31. The maximum Gasteiger partial charge on any atom is 0.270 e. The molecule has 162 valence electrons. The number of carbonyl (C=O) groups is 1. The average Bonchev–Trinajstić information content (AvgIpc) is 3.21. The van der Waals surface area contributed by atoms with Crippen molar-refractivity contribution in [1.29, 1.82) is 0 Å². The standard InChI is InChI=1S/C24H28N4O3/c1-3-26-10-12-27(13-11-26)24(29)15-20(18-6-4-17(2)5-7-18)22-16-25-23-9-8-19(28(30)31)14-21(22)23/h4-9,14,16,20,25H,3,10-13,15H2,1-2H3/t20-/m1/s1. The van der Waals surface area contributed by atoms with Crippen LogP contribution in [-0.2, 0) is 4.79 Å². The van der Waals surface area contributed by atoms with Gasteiger partial charge >= 0.3 is 0 Å². The summed E-state index contributed by atoms with van der Waals surface area (Å²) < 4.78 is 0. The third-order valence-corrected chi connectivity index (χ3v) is 6.31. The van der Waals surface area contributed by atoms with Gasteiger partial charge in [0.25, 0.3) is 5.69 Å². The van der Waals surface area contributed by atoms with Gasteiger partial charge in [0.15, 0.2) is 0 Å². The van der Waals surface area contributed by atoms with Gasteiger partial charge in [-0.25, -0.2) is 0 Å². The number of aryl methyl sites for hydroxylation is 1. The van der Waals surface area contributed by atoms with Gasteiger partial charge < -0.3 is 14.8 Å². The number of nitro benzene ring substituents is 1. The number of hydrogen-bond donors (Lipinski definition) is 1.